The minimum Gasteiger partial charge on any atom is -0.492 e. The van der Waals surface area contributed by atoms with Gasteiger partial charge in [0.05, 0.1) is 11.4 Å². The Bertz CT molecular complexity index is 976. The molecule has 7 heteroatoms. The first-order chi connectivity index (χ1) is 11.1. The largest absolute Gasteiger partial charge is 0.492 e. The fourth-order valence-corrected chi connectivity index (χ4v) is 2.28. The maximum absolute atomic E-state index is 12.7. The van der Waals surface area contributed by atoms with E-state index in [1.54, 1.807) is 60.7 Å². The molecule has 0 fully saturated rings. The van der Waals surface area contributed by atoms with Gasteiger partial charge in [-0.25, -0.2) is 13.9 Å². The quantitative estimate of drug-likeness (QED) is 0.750. The minimum atomic E-state index is -0.971. The molecule has 114 valence electrons. The van der Waals surface area contributed by atoms with Crippen molar-refractivity contribution in [1.82, 2.24) is 9.13 Å². The zero-order valence-electron chi connectivity index (χ0n) is 11.8. The van der Waals surface area contributed by atoms with E-state index in [4.69, 9.17) is 0 Å². The normalized spacial score (nSPS) is 10.4. The van der Waals surface area contributed by atoms with Crippen molar-refractivity contribution in [1.29, 1.82) is 0 Å². The Balaban J connectivity index is 2.46. The van der Waals surface area contributed by atoms with Crippen LogP contribution in [-0.2, 0) is 0 Å². The van der Waals surface area contributed by atoms with Crippen molar-refractivity contribution in [2.75, 3.05) is 0 Å². The van der Waals surface area contributed by atoms with Crippen LogP contribution in [-0.4, -0.2) is 14.2 Å². The van der Waals surface area contributed by atoms with Crippen LogP contribution in [0.4, 0.5) is 5.69 Å². The summed E-state index contributed by atoms with van der Waals surface area (Å²) in [5.41, 5.74) is -1.91. The van der Waals surface area contributed by atoms with Crippen LogP contribution >= 0.6 is 0 Å². The number of para-hydroxylation sites is 2. The highest BCUT2D eigenvalue weighted by Crippen LogP contribution is 2.23. The van der Waals surface area contributed by atoms with Gasteiger partial charge in [-0.05, 0) is 29.4 Å². The first-order valence-corrected chi connectivity index (χ1v) is 6.70. The lowest BCUT2D eigenvalue weighted by atomic mass is 10.3. The van der Waals surface area contributed by atoms with E-state index in [1.807, 2.05) is 0 Å². The molecule has 0 aliphatic rings. The van der Waals surface area contributed by atoms with E-state index >= 15 is 0 Å². The third kappa shape index (κ3) is 2.34. The molecular weight excluding hydrogens is 298 g/mol. The molecule has 0 spiro atoms. The average molecular weight is 309 g/mol. The SMILES string of the molecule is O=Nc1c(O)n(-c2ccccc2)c(=O)n(-c2ccccc2)c1=O. The van der Waals surface area contributed by atoms with E-state index in [2.05, 4.69) is 5.18 Å². The standard InChI is InChI=1S/C16H11N3O4/c20-14-13(17-23)15(21)19(12-9-5-2-6-10-12)16(22)18(14)11-7-3-1-4-8-11/h1-10,20H. The summed E-state index contributed by atoms with van der Waals surface area (Å²) in [5.74, 6) is -0.784. The molecule has 7 nitrogen and oxygen atoms in total. The van der Waals surface area contributed by atoms with Gasteiger partial charge in [-0.1, -0.05) is 36.4 Å². The molecule has 2 aromatic carbocycles. The maximum atomic E-state index is 12.7. The molecule has 0 saturated heterocycles. The van der Waals surface area contributed by atoms with Gasteiger partial charge in [0, 0.05) is 0 Å². The van der Waals surface area contributed by atoms with Gasteiger partial charge < -0.3 is 5.11 Å². The van der Waals surface area contributed by atoms with Crippen molar-refractivity contribution >= 4 is 5.69 Å². The number of hydrogen-bond acceptors (Lipinski definition) is 5. The number of rotatable bonds is 3. The summed E-state index contributed by atoms with van der Waals surface area (Å²) >= 11 is 0. The van der Waals surface area contributed by atoms with Gasteiger partial charge in [0.1, 0.15) is 0 Å². The first-order valence-electron chi connectivity index (χ1n) is 6.70. The Labute approximate surface area is 129 Å². The smallest absolute Gasteiger partial charge is 0.343 e. The molecule has 23 heavy (non-hydrogen) atoms. The second-order valence-electron chi connectivity index (χ2n) is 4.69. The lowest BCUT2D eigenvalue weighted by Gasteiger charge is -2.13. The van der Waals surface area contributed by atoms with Gasteiger partial charge in [0.15, 0.2) is 0 Å². The molecule has 0 atom stereocenters. The van der Waals surface area contributed by atoms with Crippen molar-refractivity contribution in [3.05, 3.63) is 86.4 Å². The van der Waals surface area contributed by atoms with Gasteiger partial charge >= 0.3 is 5.69 Å². The summed E-state index contributed by atoms with van der Waals surface area (Å²) in [6, 6.07) is 16.3. The summed E-state index contributed by atoms with van der Waals surface area (Å²) in [4.78, 5) is 36.0. The molecule has 0 bridgehead atoms. The van der Waals surface area contributed by atoms with Crippen LogP contribution in [0.2, 0.25) is 0 Å². The second kappa shape index (κ2) is 5.72. The van der Waals surface area contributed by atoms with Crippen molar-refractivity contribution < 1.29 is 5.11 Å². The Kier molecular flexibility index (Phi) is 3.60. The van der Waals surface area contributed by atoms with Crippen LogP contribution in [0.5, 0.6) is 5.88 Å². The van der Waals surface area contributed by atoms with Crippen molar-refractivity contribution in [3.8, 4) is 17.3 Å². The predicted molar refractivity (Wildman–Crippen MR) is 84.8 cm³/mol. The fourth-order valence-electron chi connectivity index (χ4n) is 2.28. The molecule has 1 aromatic heterocycles. The lowest BCUT2D eigenvalue weighted by Crippen LogP contribution is -2.37. The zero-order valence-corrected chi connectivity index (χ0v) is 11.8. The zero-order chi connectivity index (χ0) is 16.4. The van der Waals surface area contributed by atoms with Gasteiger partial charge in [-0.15, -0.1) is 4.91 Å². The summed E-state index contributed by atoms with van der Waals surface area (Å²) in [5, 5.41) is 12.7. The Hall–Kier alpha value is -3.48. The third-order valence-corrected chi connectivity index (χ3v) is 3.33. The van der Waals surface area contributed by atoms with E-state index < -0.39 is 22.8 Å². The fraction of sp³-hybridized carbons (Fsp3) is 0. The second-order valence-corrected chi connectivity index (χ2v) is 4.69. The summed E-state index contributed by atoms with van der Waals surface area (Å²) in [6.07, 6.45) is 0. The molecule has 1 heterocycles. The minimum absolute atomic E-state index is 0.275. The summed E-state index contributed by atoms with van der Waals surface area (Å²) in [7, 11) is 0. The molecule has 0 saturated carbocycles. The predicted octanol–water partition coefficient (Wildman–Crippen LogP) is 2.09. The van der Waals surface area contributed by atoms with E-state index in [1.165, 1.54) is 0 Å². The average Bonchev–Trinajstić information content (AvgIpc) is 2.57. The lowest BCUT2D eigenvalue weighted by molar-refractivity contribution is 0.430. The van der Waals surface area contributed by atoms with E-state index in [0.717, 1.165) is 9.13 Å². The molecule has 0 unspecified atom stereocenters. The van der Waals surface area contributed by atoms with Crippen LogP contribution in [0.25, 0.3) is 11.4 Å². The molecule has 0 amide bonds. The van der Waals surface area contributed by atoms with Crippen molar-refractivity contribution in [3.63, 3.8) is 0 Å². The molecule has 0 aliphatic heterocycles. The number of nitrogens with zero attached hydrogens (tertiary/aromatic N) is 3. The van der Waals surface area contributed by atoms with E-state index in [9.17, 15) is 19.6 Å². The van der Waals surface area contributed by atoms with Gasteiger partial charge in [-0.2, -0.15) is 0 Å². The molecule has 3 aromatic rings. The Morgan fingerprint density at radius 3 is 1.74 bits per heavy atom. The van der Waals surface area contributed by atoms with Crippen LogP contribution in [0, 0.1) is 4.91 Å². The molecule has 0 radical (unpaired) electrons. The molecule has 0 aliphatic carbocycles. The van der Waals surface area contributed by atoms with E-state index in [0.29, 0.717) is 5.69 Å². The molecule has 3 rings (SSSR count). The number of aromatic nitrogens is 2. The van der Waals surface area contributed by atoms with Gasteiger partial charge in [-0.3, -0.25) is 4.79 Å². The highest BCUT2D eigenvalue weighted by molar-refractivity contribution is 5.51. The Morgan fingerprint density at radius 1 is 0.783 bits per heavy atom. The summed E-state index contributed by atoms with van der Waals surface area (Å²) < 4.78 is 1.66. The Morgan fingerprint density at radius 2 is 1.26 bits per heavy atom. The van der Waals surface area contributed by atoms with Crippen LogP contribution in [0.15, 0.2) is 75.4 Å². The molecular formula is C16H11N3O4. The van der Waals surface area contributed by atoms with Crippen molar-refractivity contribution in [2.24, 2.45) is 5.18 Å². The maximum Gasteiger partial charge on any atom is 0.343 e. The number of benzene rings is 2. The van der Waals surface area contributed by atoms with Gasteiger partial charge in [0.2, 0.25) is 11.6 Å². The van der Waals surface area contributed by atoms with Crippen LogP contribution in [0.1, 0.15) is 0 Å². The van der Waals surface area contributed by atoms with Crippen LogP contribution in [0.3, 0.4) is 0 Å². The molecule has 1 N–H and O–H groups in total. The van der Waals surface area contributed by atoms with Gasteiger partial charge in [0.25, 0.3) is 5.56 Å². The topological polar surface area (TPSA) is 93.7 Å². The first kappa shape index (κ1) is 14.5. The number of nitroso groups, excluding NO2 is 1. The van der Waals surface area contributed by atoms with E-state index in [-0.39, 0.29) is 5.69 Å². The highest BCUT2D eigenvalue weighted by Gasteiger charge is 2.21. The third-order valence-electron chi connectivity index (χ3n) is 3.33. The number of aromatic hydroxyl groups is 1. The monoisotopic (exact) mass is 309 g/mol. The van der Waals surface area contributed by atoms with Crippen molar-refractivity contribution in [2.45, 2.75) is 0 Å². The van der Waals surface area contributed by atoms with Crippen LogP contribution < -0.4 is 11.2 Å². The summed E-state index contributed by atoms with van der Waals surface area (Å²) in [6.45, 7) is 0. The highest BCUT2D eigenvalue weighted by atomic mass is 16.3. The number of hydrogen-bond donors (Lipinski definition) is 1.